The third kappa shape index (κ3) is 2.24. The van der Waals surface area contributed by atoms with E-state index in [1.807, 2.05) is 13.0 Å². The van der Waals surface area contributed by atoms with Gasteiger partial charge >= 0.3 is 0 Å². The molecule has 0 aliphatic heterocycles. The molecule has 0 bridgehead atoms. The van der Waals surface area contributed by atoms with Crippen molar-refractivity contribution in [3.8, 4) is 5.88 Å². The minimum atomic E-state index is -0.882. The van der Waals surface area contributed by atoms with Crippen molar-refractivity contribution < 1.29 is 9.84 Å². The highest BCUT2D eigenvalue weighted by Gasteiger charge is 2.19. The van der Waals surface area contributed by atoms with Crippen LogP contribution in [-0.4, -0.2) is 27.2 Å². The Morgan fingerprint density at radius 1 is 1.24 bits per heavy atom. The van der Waals surface area contributed by atoms with Crippen LogP contribution >= 0.6 is 0 Å². The van der Waals surface area contributed by atoms with Crippen molar-refractivity contribution >= 4 is 0 Å². The minimum absolute atomic E-state index is 0.322. The van der Waals surface area contributed by atoms with Crippen LogP contribution < -0.4 is 4.74 Å². The fourth-order valence-corrected chi connectivity index (χ4v) is 1.59. The van der Waals surface area contributed by atoms with E-state index in [0.29, 0.717) is 17.1 Å². The zero-order valence-electron chi connectivity index (χ0n) is 9.66. The van der Waals surface area contributed by atoms with Crippen molar-refractivity contribution in [1.82, 2.24) is 15.0 Å². The van der Waals surface area contributed by atoms with Crippen LogP contribution in [0, 0.1) is 6.92 Å². The van der Waals surface area contributed by atoms with Crippen molar-refractivity contribution in [3.63, 3.8) is 0 Å². The van der Waals surface area contributed by atoms with E-state index in [2.05, 4.69) is 15.0 Å². The molecule has 0 fully saturated rings. The summed E-state index contributed by atoms with van der Waals surface area (Å²) in [7, 11) is 1.50. The van der Waals surface area contributed by atoms with Gasteiger partial charge in [-0.2, -0.15) is 0 Å². The lowest BCUT2D eigenvalue weighted by atomic mass is 10.0. The topological polar surface area (TPSA) is 68.1 Å². The Morgan fingerprint density at radius 3 is 2.71 bits per heavy atom. The van der Waals surface area contributed by atoms with Gasteiger partial charge in [0.15, 0.2) is 0 Å². The lowest BCUT2D eigenvalue weighted by Gasteiger charge is -2.14. The predicted octanol–water partition coefficient (Wildman–Crippen LogP) is 1.27. The predicted molar refractivity (Wildman–Crippen MR) is 61.6 cm³/mol. The van der Waals surface area contributed by atoms with Crippen LogP contribution in [-0.2, 0) is 0 Å². The standard InChI is InChI=1S/C12H13N3O2/c1-8-3-4-13-7-9(8)11(16)10-12(17-2)15-6-5-14-10/h3-7,11,16H,1-2H3. The molecule has 0 aliphatic rings. The number of hydrogen-bond donors (Lipinski definition) is 1. The zero-order valence-corrected chi connectivity index (χ0v) is 9.66. The van der Waals surface area contributed by atoms with Crippen molar-refractivity contribution in [1.29, 1.82) is 0 Å². The van der Waals surface area contributed by atoms with Gasteiger partial charge in [-0.25, -0.2) is 4.98 Å². The minimum Gasteiger partial charge on any atom is -0.480 e. The Morgan fingerprint density at radius 2 is 2.00 bits per heavy atom. The second kappa shape index (κ2) is 4.88. The molecule has 0 aliphatic carbocycles. The average Bonchev–Trinajstić information content (AvgIpc) is 2.38. The Balaban J connectivity index is 2.44. The van der Waals surface area contributed by atoms with Gasteiger partial charge in [-0.05, 0) is 18.6 Å². The number of methoxy groups -OCH3 is 1. The molecule has 2 aromatic rings. The van der Waals surface area contributed by atoms with E-state index >= 15 is 0 Å². The number of hydrogen-bond acceptors (Lipinski definition) is 5. The molecule has 0 amide bonds. The van der Waals surface area contributed by atoms with Crippen molar-refractivity contribution in [2.75, 3.05) is 7.11 Å². The maximum Gasteiger partial charge on any atom is 0.238 e. The van der Waals surface area contributed by atoms with Gasteiger partial charge in [0.2, 0.25) is 5.88 Å². The van der Waals surface area contributed by atoms with Gasteiger partial charge in [-0.1, -0.05) is 0 Å². The van der Waals surface area contributed by atoms with E-state index in [1.54, 1.807) is 12.4 Å². The number of ether oxygens (including phenoxy) is 1. The van der Waals surface area contributed by atoms with Crippen LogP contribution in [0.15, 0.2) is 30.9 Å². The van der Waals surface area contributed by atoms with Gasteiger partial charge in [0.25, 0.3) is 0 Å². The molecule has 0 aromatic carbocycles. The summed E-state index contributed by atoms with van der Waals surface area (Å²) in [5.74, 6) is 0.322. The van der Waals surface area contributed by atoms with Crippen LogP contribution in [0.25, 0.3) is 0 Å². The largest absolute Gasteiger partial charge is 0.480 e. The highest BCUT2D eigenvalue weighted by atomic mass is 16.5. The summed E-state index contributed by atoms with van der Waals surface area (Å²) < 4.78 is 5.07. The molecular weight excluding hydrogens is 218 g/mol. The first-order valence-corrected chi connectivity index (χ1v) is 5.17. The number of aryl methyl sites for hydroxylation is 1. The second-order valence-electron chi connectivity index (χ2n) is 3.59. The van der Waals surface area contributed by atoms with Gasteiger partial charge < -0.3 is 9.84 Å². The Bertz CT molecular complexity index is 517. The number of aliphatic hydroxyl groups excluding tert-OH is 1. The molecule has 88 valence electrons. The molecular formula is C12H13N3O2. The van der Waals surface area contributed by atoms with Gasteiger partial charge in [-0.3, -0.25) is 9.97 Å². The molecule has 2 aromatic heterocycles. The summed E-state index contributed by atoms with van der Waals surface area (Å²) in [4.78, 5) is 12.1. The van der Waals surface area contributed by atoms with Gasteiger partial charge in [0, 0.05) is 30.4 Å². The maximum atomic E-state index is 10.3. The van der Waals surface area contributed by atoms with Crippen LogP contribution in [0.2, 0.25) is 0 Å². The lowest BCUT2D eigenvalue weighted by Crippen LogP contribution is -2.07. The molecule has 5 nitrogen and oxygen atoms in total. The van der Waals surface area contributed by atoms with E-state index in [0.717, 1.165) is 5.56 Å². The molecule has 0 radical (unpaired) electrons. The molecule has 1 unspecified atom stereocenters. The first kappa shape index (κ1) is 11.5. The summed E-state index contributed by atoms with van der Waals surface area (Å²) >= 11 is 0. The first-order chi connectivity index (χ1) is 8.24. The van der Waals surface area contributed by atoms with Crippen LogP contribution in [0.4, 0.5) is 0 Å². The average molecular weight is 231 g/mol. The quantitative estimate of drug-likeness (QED) is 0.861. The van der Waals surface area contributed by atoms with Crippen molar-refractivity contribution in [2.45, 2.75) is 13.0 Å². The van der Waals surface area contributed by atoms with E-state index in [9.17, 15) is 5.11 Å². The third-order valence-corrected chi connectivity index (χ3v) is 2.52. The number of aromatic nitrogens is 3. The monoisotopic (exact) mass is 231 g/mol. The molecule has 1 atom stereocenters. The van der Waals surface area contributed by atoms with E-state index in [1.165, 1.54) is 19.5 Å². The van der Waals surface area contributed by atoms with Crippen LogP contribution in [0.5, 0.6) is 5.88 Å². The van der Waals surface area contributed by atoms with Crippen molar-refractivity contribution in [3.05, 3.63) is 47.7 Å². The number of pyridine rings is 1. The van der Waals surface area contributed by atoms with Crippen LogP contribution in [0.1, 0.15) is 22.9 Å². The molecule has 2 rings (SSSR count). The summed E-state index contributed by atoms with van der Waals surface area (Å²) in [5, 5.41) is 10.3. The fourth-order valence-electron chi connectivity index (χ4n) is 1.59. The highest BCUT2D eigenvalue weighted by molar-refractivity contribution is 5.33. The van der Waals surface area contributed by atoms with E-state index in [4.69, 9.17) is 4.74 Å². The first-order valence-electron chi connectivity index (χ1n) is 5.17. The third-order valence-electron chi connectivity index (χ3n) is 2.52. The normalized spacial score (nSPS) is 12.2. The molecule has 0 saturated carbocycles. The summed E-state index contributed by atoms with van der Waals surface area (Å²) in [5.41, 5.74) is 2.04. The number of rotatable bonds is 3. The Labute approximate surface area is 99.2 Å². The molecule has 1 N–H and O–H groups in total. The van der Waals surface area contributed by atoms with E-state index in [-0.39, 0.29) is 0 Å². The van der Waals surface area contributed by atoms with Gasteiger partial charge in [0.1, 0.15) is 11.8 Å². The molecule has 0 saturated heterocycles. The SMILES string of the molecule is COc1nccnc1C(O)c1cnccc1C. The molecule has 5 heteroatoms. The van der Waals surface area contributed by atoms with Crippen LogP contribution in [0.3, 0.4) is 0 Å². The molecule has 2 heterocycles. The van der Waals surface area contributed by atoms with Crippen molar-refractivity contribution in [2.24, 2.45) is 0 Å². The number of nitrogens with zero attached hydrogens (tertiary/aromatic N) is 3. The zero-order chi connectivity index (χ0) is 12.3. The maximum absolute atomic E-state index is 10.3. The summed E-state index contributed by atoms with van der Waals surface area (Å²) in [6.45, 7) is 1.91. The molecule has 17 heavy (non-hydrogen) atoms. The fraction of sp³-hybridized carbons (Fsp3) is 0.250. The number of aliphatic hydroxyl groups is 1. The smallest absolute Gasteiger partial charge is 0.238 e. The Kier molecular flexibility index (Phi) is 3.30. The molecule has 0 spiro atoms. The lowest BCUT2D eigenvalue weighted by molar-refractivity contribution is 0.206. The van der Waals surface area contributed by atoms with Gasteiger partial charge in [-0.15, -0.1) is 0 Å². The summed E-state index contributed by atoms with van der Waals surface area (Å²) in [6, 6.07) is 1.83. The Hall–Kier alpha value is -2.01. The second-order valence-corrected chi connectivity index (χ2v) is 3.59. The summed E-state index contributed by atoms with van der Waals surface area (Å²) in [6.07, 6.45) is 5.46. The van der Waals surface area contributed by atoms with Gasteiger partial charge in [0.05, 0.1) is 7.11 Å². The highest BCUT2D eigenvalue weighted by Crippen LogP contribution is 2.27. The van der Waals surface area contributed by atoms with E-state index < -0.39 is 6.10 Å².